The highest BCUT2D eigenvalue weighted by Gasteiger charge is 2.09. The Kier molecular flexibility index (Phi) is 2.76. The van der Waals surface area contributed by atoms with Gasteiger partial charge in [-0.2, -0.15) is 0 Å². The highest BCUT2D eigenvalue weighted by Crippen LogP contribution is 2.39. The number of nitrogens with zero attached hydrogens (tertiary/aromatic N) is 1. The molecular weight excluding hydrogens is 126 g/mol. The second kappa shape index (κ2) is 2.68. The maximum atomic E-state index is 8.97. The number of hydrogen-bond donors (Lipinski definition) is 2. The van der Waals surface area contributed by atoms with E-state index in [9.17, 15) is 0 Å². The van der Waals surface area contributed by atoms with E-state index in [4.69, 9.17) is 9.11 Å². The maximum absolute atomic E-state index is 8.97. The van der Waals surface area contributed by atoms with Gasteiger partial charge < -0.3 is 0 Å². The lowest BCUT2D eigenvalue weighted by molar-refractivity contribution is 0.416. The molecule has 3 nitrogen and oxygen atoms in total. The predicted octanol–water partition coefficient (Wildman–Crippen LogP) is 1.23. The molecule has 0 aromatic heterocycles. The van der Waals surface area contributed by atoms with Gasteiger partial charge in [-0.25, -0.2) is 4.31 Å². The molecule has 0 saturated heterocycles. The number of hydrogen-bond acceptors (Lipinski definition) is 3. The van der Waals surface area contributed by atoms with Gasteiger partial charge >= 0.3 is 0 Å². The van der Waals surface area contributed by atoms with Crippen molar-refractivity contribution >= 4 is 10.8 Å². The van der Waals surface area contributed by atoms with Crippen LogP contribution in [0.1, 0.15) is 6.92 Å². The summed E-state index contributed by atoms with van der Waals surface area (Å²) >= 11 is 0. The van der Waals surface area contributed by atoms with Gasteiger partial charge in [-0.05, 0) is 6.92 Å². The maximum Gasteiger partial charge on any atom is 0.0502 e. The fourth-order valence-corrected chi connectivity index (χ4v) is 0.775. The van der Waals surface area contributed by atoms with Crippen molar-refractivity contribution in [1.82, 2.24) is 4.31 Å². The van der Waals surface area contributed by atoms with Gasteiger partial charge in [0.15, 0.2) is 0 Å². The molecule has 0 aliphatic heterocycles. The van der Waals surface area contributed by atoms with Crippen LogP contribution in [0.5, 0.6) is 0 Å². The van der Waals surface area contributed by atoms with Crippen LogP contribution in [-0.4, -0.2) is 33.3 Å². The Balaban J connectivity index is 3.71. The van der Waals surface area contributed by atoms with E-state index in [1.807, 2.05) is 0 Å². The van der Waals surface area contributed by atoms with Crippen molar-refractivity contribution in [2.75, 3.05) is 19.8 Å². The van der Waals surface area contributed by atoms with Gasteiger partial charge in [0.25, 0.3) is 0 Å². The van der Waals surface area contributed by atoms with E-state index in [1.54, 1.807) is 21.0 Å². The molecule has 0 fully saturated rings. The summed E-state index contributed by atoms with van der Waals surface area (Å²) in [7, 11) is 0.900. The van der Waals surface area contributed by atoms with Gasteiger partial charge in [0, 0.05) is 14.1 Å². The third-order valence-electron chi connectivity index (χ3n) is 0.972. The average Bonchev–Trinajstić information content (AvgIpc) is 1.67. The first-order valence-electron chi connectivity index (χ1n) is 2.44. The molecule has 0 aromatic rings. The van der Waals surface area contributed by atoms with Crippen molar-refractivity contribution in [3.63, 3.8) is 0 Å². The topological polar surface area (TPSA) is 43.7 Å². The normalized spacial score (nSPS) is 14.8. The Morgan fingerprint density at radius 2 is 1.75 bits per heavy atom. The quantitative estimate of drug-likeness (QED) is 0.604. The van der Waals surface area contributed by atoms with Crippen molar-refractivity contribution in [1.29, 1.82) is 0 Å². The van der Waals surface area contributed by atoms with Gasteiger partial charge in [-0.3, -0.25) is 9.11 Å². The largest absolute Gasteiger partial charge is 0.286 e. The molecule has 0 aliphatic carbocycles. The van der Waals surface area contributed by atoms with E-state index in [0.29, 0.717) is 5.75 Å². The molecule has 0 bridgehead atoms. The lowest BCUT2D eigenvalue weighted by Crippen LogP contribution is -2.19. The molecule has 8 heavy (non-hydrogen) atoms. The molecule has 52 valence electrons. The summed E-state index contributed by atoms with van der Waals surface area (Å²) < 4.78 is 19.4. The van der Waals surface area contributed by atoms with Crippen LogP contribution in [0.3, 0.4) is 0 Å². The minimum atomic E-state index is -2.40. The monoisotopic (exact) mass is 139 g/mol. The molecular formula is C4H13NO2S. The summed E-state index contributed by atoms with van der Waals surface area (Å²) in [6, 6.07) is 0. The van der Waals surface area contributed by atoms with Crippen molar-refractivity contribution in [2.45, 2.75) is 6.92 Å². The number of rotatable bonds is 2. The second-order valence-electron chi connectivity index (χ2n) is 1.73. The third-order valence-corrected chi connectivity index (χ3v) is 2.92. The molecule has 0 rings (SSSR count). The van der Waals surface area contributed by atoms with Gasteiger partial charge in [0.05, 0.1) is 5.75 Å². The Morgan fingerprint density at radius 1 is 1.38 bits per heavy atom. The Morgan fingerprint density at radius 3 is 1.75 bits per heavy atom. The van der Waals surface area contributed by atoms with E-state index in [0.717, 1.165) is 0 Å². The second-order valence-corrected chi connectivity index (χ2v) is 4.31. The first kappa shape index (κ1) is 8.23. The van der Waals surface area contributed by atoms with Crippen molar-refractivity contribution in [2.24, 2.45) is 0 Å². The molecule has 0 unspecified atom stereocenters. The summed E-state index contributed by atoms with van der Waals surface area (Å²) in [6.45, 7) is 1.75. The Bertz CT molecular complexity index is 74.4. The van der Waals surface area contributed by atoms with E-state index in [-0.39, 0.29) is 0 Å². The van der Waals surface area contributed by atoms with Crippen LogP contribution in [0.4, 0.5) is 0 Å². The zero-order valence-electron chi connectivity index (χ0n) is 5.46. The Labute approximate surface area is 51.8 Å². The van der Waals surface area contributed by atoms with Crippen LogP contribution in [-0.2, 0) is 0 Å². The third kappa shape index (κ3) is 2.00. The average molecular weight is 139 g/mol. The molecule has 0 radical (unpaired) electrons. The fraction of sp³-hybridized carbons (Fsp3) is 1.00. The molecule has 4 heteroatoms. The zero-order valence-corrected chi connectivity index (χ0v) is 6.27. The van der Waals surface area contributed by atoms with Crippen LogP contribution in [0.25, 0.3) is 0 Å². The summed E-state index contributed by atoms with van der Waals surface area (Å²) in [6.07, 6.45) is 0. The molecule has 0 aromatic carbocycles. The summed E-state index contributed by atoms with van der Waals surface area (Å²) in [5.41, 5.74) is 0. The van der Waals surface area contributed by atoms with Gasteiger partial charge in [-0.1, -0.05) is 0 Å². The molecule has 0 amide bonds. The minimum absolute atomic E-state index is 0.403. The van der Waals surface area contributed by atoms with Crippen molar-refractivity contribution in [3.8, 4) is 0 Å². The Hall–Kier alpha value is 0.230. The highest BCUT2D eigenvalue weighted by atomic mass is 32.3. The molecule has 2 N–H and O–H groups in total. The van der Waals surface area contributed by atoms with Crippen LogP contribution in [0, 0.1) is 0 Å². The molecule has 0 atom stereocenters. The van der Waals surface area contributed by atoms with Gasteiger partial charge in [-0.15, -0.1) is 10.8 Å². The van der Waals surface area contributed by atoms with E-state index in [2.05, 4.69) is 0 Å². The summed E-state index contributed by atoms with van der Waals surface area (Å²) in [5.74, 6) is 0.403. The molecule has 0 aliphatic rings. The van der Waals surface area contributed by atoms with Crippen LogP contribution >= 0.6 is 10.8 Å². The van der Waals surface area contributed by atoms with E-state index < -0.39 is 10.8 Å². The van der Waals surface area contributed by atoms with Crippen molar-refractivity contribution < 1.29 is 9.11 Å². The minimum Gasteiger partial charge on any atom is -0.286 e. The predicted molar refractivity (Wildman–Crippen MR) is 37.1 cm³/mol. The SMILES string of the molecule is CCS(O)(O)N(C)C. The van der Waals surface area contributed by atoms with E-state index in [1.165, 1.54) is 4.31 Å². The van der Waals surface area contributed by atoms with Crippen LogP contribution in [0.15, 0.2) is 0 Å². The van der Waals surface area contributed by atoms with Crippen molar-refractivity contribution in [3.05, 3.63) is 0 Å². The first-order valence-corrected chi connectivity index (χ1v) is 4.11. The summed E-state index contributed by atoms with van der Waals surface area (Å²) in [5, 5.41) is 0. The van der Waals surface area contributed by atoms with Crippen LogP contribution in [0.2, 0.25) is 0 Å². The zero-order chi connectivity index (χ0) is 6.78. The van der Waals surface area contributed by atoms with Gasteiger partial charge in [0.2, 0.25) is 0 Å². The lowest BCUT2D eigenvalue weighted by Gasteiger charge is -2.37. The van der Waals surface area contributed by atoms with Gasteiger partial charge in [0.1, 0.15) is 0 Å². The highest BCUT2D eigenvalue weighted by molar-refractivity contribution is 8.22. The standard InChI is InChI=1S/C4H13NO2S/c1-4-8(6,7)5(2)3/h6-7H,4H2,1-3H3. The van der Waals surface area contributed by atoms with Crippen LogP contribution < -0.4 is 0 Å². The smallest absolute Gasteiger partial charge is 0.0502 e. The molecule has 0 saturated carbocycles. The summed E-state index contributed by atoms with van der Waals surface area (Å²) in [4.78, 5) is 0. The van der Waals surface area contributed by atoms with E-state index >= 15 is 0 Å². The molecule has 0 heterocycles. The lowest BCUT2D eigenvalue weighted by atomic mass is 11.0. The fourth-order valence-electron chi connectivity index (χ4n) is 0.258. The first-order chi connectivity index (χ1) is 3.50. The molecule has 0 spiro atoms.